The molecule has 1 spiro atoms. The van der Waals surface area contributed by atoms with Crippen LogP contribution < -0.4 is 16.4 Å². The Morgan fingerprint density at radius 2 is 1.74 bits per heavy atom. The van der Waals surface area contributed by atoms with Crippen LogP contribution in [-0.2, 0) is 9.84 Å². The van der Waals surface area contributed by atoms with E-state index in [-0.39, 0.29) is 39.4 Å². The van der Waals surface area contributed by atoms with Gasteiger partial charge in [-0.1, -0.05) is 57.1 Å². The second-order valence-corrected chi connectivity index (χ2v) is 13.1. The van der Waals surface area contributed by atoms with Crippen molar-refractivity contribution >= 4 is 27.2 Å². The summed E-state index contributed by atoms with van der Waals surface area (Å²) in [7, 11) is -3.32. The van der Waals surface area contributed by atoms with E-state index in [2.05, 4.69) is 20.7 Å². The number of sulfone groups is 1. The Balaban J connectivity index is 1.54. The molecular weight excluding hydrogens is 519 g/mol. The maximum atomic E-state index is 13.9. The summed E-state index contributed by atoms with van der Waals surface area (Å²) in [5.74, 6) is -1.03. The van der Waals surface area contributed by atoms with Gasteiger partial charge in [0.2, 0.25) is 0 Å². The van der Waals surface area contributed by atoms with Crippen LogP contribution in [0.5, 0.6) is 0 Å². The second kappa shape index (κ2) is 11.2. The number of fused-ring (bicyclic) bond motifs is 1. The molecule has 9 nitrogen and oxygen atoms in total. The monoisotopic (exact) mass is 556 g/mol. The normalized spacial score (nSPS) is 22.5. The number of hydrogen-bond donors (Lipinski definition) is 3. The molecule has 0 bridgehead atoms. The Labute approximate surface area is 228 Å². The van der Waals surface area contributed by atoms with Crippen molar-refractivity contribution in [3.05, 3.63) is 53.6 Å². The molecule has 1 saturated heterocycles. The number of rotatable bonds is 4. The van der Waals surface area contributed by atoms with E-state index in [4.69, 9.17) is 5.73 Å². The third-order valence-electron chi connectivity index (χ3n) is 8.39. The molecule has 5 rings (SSSR count). The number of nitrogens with zero attached hydrogens (tertiary/aromatic N) is 3. The first-order valence-electron chi connectivity index (χ1n) is 13.8. The highest BCUT2D eigenvalue weighted by molar-refractivity contribution is 7.90. The van der Waals surface area contributed by atoms with E-state index < -0.39 is 21.6 Å². The topological polar surface area (TPSA) is 131 Å². The number of anilines is 1. The lowest BCUT2D eigenvalue weighted by atomic mass is 9.69. The van der Waals surface area contributed by atoms with Crippen LogP contribution in [0.3, 0.4) is 0 Å². The molecule has 2 fully saturated rings. The van der Waals surface area contributed by atoms with Crippen LogP contribution in [0.4, 0.5) is 10.2 Å². The van der Waals surface area contributed by atoms with Gasteiger partial charge in [0.25, 0.3) is 5.91 Å². The van der Waals surface area contributed by atoms with Gasteiger partial charge in [-0.05, 0) is 43.5 Å². The number of amides is 1. The molecule has 1 aliphatic carbocycles. The summed E-state index contributed by atoms with van der Waals surface area (Å²) in [6.45, 7) is 0.796. The Hall–Kier alpha value is -3.05. The Kier molecular flexibility index (Phi) is 7.91. The molecule has 1 aromatic carbocycles. The zero-order chi connectivity index (χ0) is 27.6. The summed E-state index contributed by atoms with van der Waals surface area (Å²) in [5.41, 5.74) is 7.12. The quantitative estimate of drug-likeness (QED) is 0.443. The number of aromatic nitrogens is 3. The second-order valence-electron chi connectivity index (χ2n) is 11.0. The Bertz CT molecular complexity index is 1430. The molecule has 11 heteroatoms. The van der Waals surface area contributed by atoms with E-state index >= 15 is 0 Å². The molecule has 4 N–H and O–H groups in total. The van der Waals surface area contributed by atoms with E-state index in [1.807, 2.05) is 12.1 Å². The van der Waals surface area contributed by atoms with Gasteiger partial charge in [0.15, 0.2) is 27.1 Å². The van der Waals surface area contributed by atoms with Crippen molar-refractivity contribution in [3.63, 3.8) is 0 Å². The van der Waals surface area contributed by atoms with Crippen LogP contribution >= 0.6 is 0 Å². The summed E-state index contributed by atoms with van der Waals surface area (Å²) in [5, 5.41) is 11.2. The molecule has 2 aromatic heterocycles. The van der Waals surface area contributed by atoms with Gasteiger partial charge in [-0.25, -0.2) is 22.3 Å². The summed E-state index contributed by atoms with van der Waals surface area (Å²) in [4.78, 5) is 18.2. The van der Waals surface area contributed by atoms with E-state index in [1.165, 1.54) is 30.0 Å². The van der Waals surface area contributed by atoms with Crippen LogP contribution in [0.25, 0.3) is 5.65 Å². The van der Waals surface area contributed by atoms with Gasteiger partial charge in [-0.3, -0.25) is 4.79 Å². The number of carbonyl (C=O) groups is 1. The first-order valence-corrected chi connectivity index (χ1v) is 15.7. The molecule has 39 heavy (non-hydrogen) atoms. The number of nitrogen functional groups attached to an aromatic ring is 1. The van der Waals surface area contributed by atoms with Crippen molar-refractivity contribution in [3.8, 4) is 0 Å². The molecule has 3 heterocycles. The summed E-state index contributed by atoms with van der Waals surface area (Å²) in [6.07, 6.45) is 14.1. The SMILES string of the molecule is CS(=O)(=O)c1ccc(C2CCNC3(CCCCCCCCC3)C2NC(=O)c2c(N)nn3cc(F)cnc23)cc1. The maximum absolute atomic E-state index is 13.9. The molecule has 1 aliphatic heterocycles. The summed E-state index contributed by atoms with van der Waals surface area (Å²) >= 11 is 0. The number of nitrogens with one attached hydrogen (secondary N) is 2. The number of carbonyl (C=O) groups excluding carboxylic acids is 1. The summed E-state index contributed by atoms with van der Waals surface area (Å²) in [6, 6.07) is 6.75. The zero-order valence-electron chi connectivity index (χ0n) is 22.3. The van der Waals surface area contributed by atoms with Gasteiger partial charge in [0, 0.05) is 17.7 Å². The fraction of sp³-hybridized carbons (Fsp3) is 0.536. The zero-order valence-corrected chi connectivity index (χ0v) is 23.1. The number of nitrogens with two attached hydrogens (primary N) is 1. The molecule has 210 valence electrons. The van der Waals surface area contributed by atoms with Crippen LogP contribution in [-0.4, -0.2) is 53.3 Å². The number of benzene rings is 1. The molecule has 2 aliphatic rings. The predicted octanol–water partition coefficient (Wildman–Crippen LogP) is 3.99. The molecule has 0 radical (unpaired) electrons. The molecule has 1 amide bonds. The molecule has 3 aromatic rings. The molecule has 2 unspecified atom stereocenters. The van der Waals surface area contributed by atoms with Crippen molar-refractivity contribution in [1.29, 1.82) is 0 Å². The Morgan fingerprint density at radius 1 is 1.10 bits per heavy atom. The smallest absolute Gasteiger partial charge is 0.259 e. The van der Waals surface area contributed by atoms with Gasteiger partial charge >= 0.3 is 0 Å². The van der Waals surface area contributed by atoms with Crippen molar-refractivity contribution in [1.82, 2.24) is 25.2 Å². The van der Waals surface area contributed by atoms with E-state index in [0.29, 0.717) is 0 Å². The maximum Gasteiger partial charge on any atom is 0.259 e. The van der Waals surface area contributed by atoms with Crippen molar-refractivity contribution in [2.45, 2.75) is 86.6 Å². The number of hydrogen-bond acceptors (Lipinski definition) is 7. The average Bonchev–Trinajstić information content (AvgIpc) is 3.23. The largest absolute Gasteiger partial charge is 0.381 e. The lowest BCUT2D eigenvalue weighted by Gasteiger charge is -2.50. The molecule has 1 saturated carbocycles. The van der Waals surface area contributed by atoms with Gasteiger partial charge < -0.3 is 16.4 Å². The van der Waals surface area contributed by atoms with Crippen LogP contribution in [0, 0.1) is 5.82 Å². The van der Waals surface area contributed by atoms with E-state index in [9.17, 15) is 17.6 Å². The Morgan fingerprint density at radius 3 is 2.38 bits per heavy atom. The van der Waals surface area contributed by atoms with Crippen LogP contribution in [0.1, 0.15) is 86.0 Å². The highest BCUT2D eigenvalue weighted by Gasteiger charge is 2.46. The van der Waals surface area contributed by atoms with E-state index in [1.54, 1.807) is 12.1 Å². The lowest BCUT2D eigenvalue weighted by Crippen LogP contribution is -2.66. The third-order valence-corrected chi connectivity index (χ3v) is 9.52. The highest BCUT2D eigenvalue weighted by atomic mass is 32.2. The highest BCUT2D eigenvalue weighted by Crippen LogP contribution is 2.40. The minimum atomic E-state index is -3.32. The fourth-order valence-corrected chi connectivity index (χ4v) is 7.07. The molecule has 2 atom stereocenters. The van der Waals surface area contributed by atoms with Gasteiger partial charge in [-0.2, -0.15) is 0 Å². The molecular formula is C28H37FN6O3S. The van der Waals surface area contributed by atoms with Crippen LogP contribution in [0.2, 0.25) is 0 Å². The number of halogens is 1. The van der Waals surface area contributed by atoms with Crippen molar-refractivity contribution < 1.29 is 17.6 Å². The van der Waals surface area contributed by atoms with E-state index in [0.717, 1.165) is 69.4 Å². The van der Waals surface area contributed by atoms with Gasteiger partial charge in [-0.15, -0.1) is 5.10 Å². The lowest BCUT2D eigenvalue weighted by molar-refractivity contribution is 0.0812. The predicted molar refractivity (Wildman–Crippen MR) is 148 cm³/mol. The fourth-order valence-electron chi connectivity index (χ4n) is 6.44. The van der Waals surface area contributed by atoms with Crippen molar-refractivity contribution in [2.24, 2.45) is 0 Å². The minimum absolute atomic E-state index is 0.0107. The average molecular weight is 557 g/mol. The number of piperidine rings is 1. The first-order chi connectivity index (χ1) is 18.7. The van der Waals surface area contributed by atoms with Gasteiger partial charge in [0.05, 0.1) is 23.3 Å². The van der Waals surface area contributed by atoms with Gasteiger partial charge in [0.1, 0.15) is 5.56 Å². The first kappa shape index (κ1) is 27.5. The van der Waals surface area contributed by atoms with Crippen LogP contribution in [0.15, 0.2) is 41.6 Å². The standard InChI is InChI=1S/C28H37FN6O3S/c1-39(37,38)21-11-9-19(10-12-21)22-13-16-32-28(14-7-5-3-2-4-6-8-15-28)24(22)33-27(36)23-25(30)34-35-18-20(29)17-31-26(23)35/h9-12,17-18,22,24,32H,2-8,13-16H2,1H3,(H2,30,34)(H,33,36). The third kappa shape index (κ3) is 5.79. The minimum Gasteiger partial charge on any atom is -0.381 e. The van der Waals surface area contributed by atoms with Crippen molar-refractivity contribution in [2.75, 3.05) is 18.5 Å². The summed E-state index contributed by atoms with van der Waals surface area (Å²) < 4.78 is 39.1.